The van der Waals surface area contributed by atoms with Gasteiger partial charge in [0.1, 0.15) is 0 Å². The average Bonchev–Trinajstić information content (AvgIpc) is 2.27. The number of hydrogen-bond acceptors (Lipinski definition) is 2. The summed E-state index contributed by atoms with van der Waals surface area (Å²) in [5, 5.41) is 0. The van der Waals surface area contributed by atoms with Crippen LogP contribution in [0.1, 0.15) is 32.8 Å². The molecule has 0 spiro atoms. The summed E-state index contributed by atoms with van der Waals surface area (Å²) in [6, 6.07) is 10.5. The predicted molar refractivity (Wildman–Crippen MR) is 68.4 cm³/mol. The summed E-state index contributed by atoms with van der Waals surface area (Å²) < 4.78 is 5.65. The number of aryl methyl sites for hydroxylation is 1. The number of hydrogen-bond donors (Lipinski definition) is 1. The Hall–Kier alpha value is -0.860. The van der Waals surface area contributed by atoms with Crippen LogP contribution in [-0.2, 0) is 11.2 Å². The van der Waals surface area contributed by atoms with E-state index in [1.165, 1.54) is 5.56 Å². The van der Waals surface area contributed by atoms with Gasteiger partial charge in [-0.3, -0.25) is 0 Å². The standard InChI is InChI=1S/C14H23NO/c1-4-16-14(2,3)13(15)11-10-12-8-6-5-7-9-12/h5-9,13H,4,10-11,15H2,1-3H3. The first-order valence-corrected chi connectivity index (χ1v) is 5.99. The van der Waals surface area contributed by atoms with E-state index in [1.54, 1.807) is 0 Å². The number of benzene rings is 1. The molecule has 0 aromatic heterocycles. The van der Waals surface area contributed by atoms with Gasteiger partial charge in [0.25, 0.3) is 0 Å². The normalized spacial score (nSPS) is 13.8. The molecule has 1 aromatic rings. The third-order valence-corrected chi connectivity index (χ3v) is 3.00. The van der Waals surface area contributed by atoms with Crippen LogP contribution in [0.25, 0.3) is 0 Å². The van der Waals surface area contributed by atoms with Gasteiger partial charge in [0.15, 0.2) is 0 Å². The second-order valence-electron chi connectivity index (χ2n) is 4.67. The van der Waals surface area contributed by atoms with Crippen molar-refractivity contribution in [1.82, 2.24) is 0 Å². The lowest BCUT2D eigenvalue weighted by atomic mass is 9.93. The Morgan fingerprint density at radius 3 is 2.44 bits per heavy atom. The van der Waals surface area contributed by atoms with Gasteiger partial charge in [0, 0.05) is 12.6 Å². The molecule has 0 saturated heterocycles. The van der Waals surface area contributed by atoms with Crippen molar-refractivity contribution in [2.75, 3.05) is 6.61 Å². The molecule has 0 aliphatic heterocycles. The van der Waals surface area contributed by atoms with E-state index in [2.05, 4.69) is 38.1 Å². The van der Waals surface area contributed by atoms with Gasteiger partial charge in [-0.1, -0.05) is 30.3 Å². The van der Waals surface area contributed by atoms with Crippen molar-refractivity contribution in [3.8, 4) is 0 Å². The predicted octanol–water partition coefficient (Wildman–Crippen LogP) is 2.76. The highest BCUT2D eigenvalue weighted by atomic mass is 16.5. The van der Waals surface area contributed by atoms with Crippen LogP contribution in [0.3, 0.4) is 0 Å². The summed E-state index contributed by atoms with van der Waals surface area (Å²) in [4.78, 5) is 0. The first-order chi connectivity index (χ1) is 7.56. The third-order valence-electron chi connectivity index (χ3n) is 3.00. The molecule has 0 heterocycles. The smallest absolute Gasteiger partial charge is 0.0776 e. The highest BCUT2D eigenvalue weighted by Gasteiger charge is 2.26. The minimum absolute atomic E-state index is 0.0765. The zero-order chi connectivity index (χ0) is 12.0. The number of rotatable bonds is 6. The van der Waals surface area contributed by atoms with Crippen LogP contribution in [0.2, 0.25) is 0 Å². The second kappa shape index (κ2) is 6.02. The largest absolute Gasteiger partial charge is 0.374 e. The molecule has 2 heteroatoms. The quantitative estimate of drug-likeness (QED) is 0.801. The molecule has 0 radical (unpaired) electrons. The van der Waals surface area contributed by atoms with Crippen LogP contribution in [0.15, 0.2) is 30.3 Å². The lowest BCUT2D eigenvalue weighted by Gasteiger charge is -2.31. The molecule has 2 nitrogen and oxygen atoms in total. The monoisotopic (exact) mass is 221 g/mol. The van der Waals surface area contributed by atoms with Crippen molar-refractivity contribution in [2.45, 2.75) is 45.3 Å². The molecule has 0 aliphatic carbocycles. The van der Waals surface area contributed by atoms with Gasteiger partial charge in [-0.15, -0.1) is 0 Å². The maximum Gasteiger partial charge on any atom is 0.0776 e. The van der Waals surface area contributed by atoms with Gasteiger partial charge in [-0.05, 0) is 39.2 Å². The fraction of sp³-hybridized carbons (Fsp3) is 0.571. The van der Waals surface area contributed by atoms with Gasteiger partial charge in [0.2, 0.25) is 0 Å². The van der Waals surface area contributed by atoms with Crippen LogP contribution in [-0.4, -0.2) is 18.2 Å². The Balaban J connectivity index is 2.43. The van der Waals surface area contributed by atoms with Gasteiger partial charge in [0.05, 0.1) is 5.60 Å². The van der Waals surface area contributed by atoms with Crippen LogP contribution in [0, 0.1) is 0 Å². The first-order valence-electron chi connectivity index (χ1n) is 5.99. The van der Waals surface area contributed by atoms with Crippen molar-refractivity contribution < 1.29 is 4.74 Å². The number of nitrogens with two attached hydrogens (primary N) is 1. The first kappa shape index (κ1) is 13.2. The van der Waals surface area contributed by atoms with Gasteiger partial charge < -0.3 is 10.5 Å². The van der Waals surface area contributed by atoms with E-state index in [1.807, 2.05) is 13.0 Å². The van der Waals surface area contributed by atoms with Crippen molar-refractivity contribution in [1.29, 1.82) is 0 Å². The van der Waals surface area contributed by atoms with Crippen LogP contribution in [0.5, 0.6) is 0 Å². The Kier molecular flexibility index (Phi) is 4.97. The Morgan fingerprint density at radius 1 is 1.25 bits per heavy atom. The van der Waals surface area contributed by atoms with E-state index in [0.717, 1.165) is 12.8 Å². The Bertz CT molecular complexity index is 295. The molecule has 0 amide bonds. The summed E-state index contributed by atoms with van der Waals surface area (Å²) in [5.41, 5.74) is 7.27. The van der Waals surface area contributed by atoms with E-state index in [-0.39, 0.29) is 11.6 Å². The van der Waals surface area contributed by atoms with E-state index in [4.69, 9.17) is 10.5 Å². The maximum atomic E-state index is 6.16. The Morgan fingerprint density at radius 2 is 1.88 bits per heavy atom. The molecular weight excluding hydrogens is 198 g/mol. The van der Waals surface area contributed by atoms with Crippen molar-refractivity contribution in [2.24, 2.45) is 5.73 Å². The van der Waals surface area contributed by atoms with Crippen molar-refractivity contribution in [3.63, 3.8) is 0 Å². The van der Waals surface area contributed by atoms with Crippen molar-refractivity contribution >= 4 is 0 Å². The maximum absolute atomic E-state index is 6.16. The van der Waals surface area contributed by atoms with Crippen molar-refractivity contribution in [3.05, 3.63) is 35.9 Å². The zero-order valence-electron chi connectivity index (χ0n) is 10.6. The summed E-state index contributed by atoms with van der Waals surface area (Å²) in [6.45, 7) is 6.84. The lowest BCUT2D eigenvalue weighted by molar-refractivity contribution is -0.0306. The van der Waals surface area contributed by atoms with E-state index >= 15 is 0 Å². The molecule has 16 heavy (non-hydrogen) atoms. The van der Waals surface area contributed by atoms with Gasteiger partial charge in [-0.2, -0.15) is 0 Å². The summed E-state index contributed by atoms with van der Waals surface area (Å²) in [5.74, 6) is 0. The van der Waals surface area contributed by atoms with E-state index in [0.29, 0.717) is 6.61 Å². The van der Waals surface area contributed by atoms with E-state index < -0.39 is 0 Å². The minimum atomic E-state index is -0.233. The molecule has 0 fully saturated rings. The van der Waals surface area contributed by atoms with Crippen LogP contribution >= 0.6 is 0 Å². The molecule has 1 rings (SSSR count). The molecule has 90 valence electrons. The fourth-order valence-corrected chi connectivity index (χ4v) is 1.79. The molecule has 1 unspecified atom stereocenters. The summed E-state index contributed by atoms with van der Waals surface area (Å²) in [7, 11) is 0. The van der Waals surface area contributed by atoms with Gasteiger partial charge in [-0.25, -0.2) is 0 Å². The SMILES string of the molecule is CCOC(C)(C)C(N)CCc1ccccc1. The molecule has 1 atom stereocenters. The molecule has 0 aliphatic rings. The highest BCUT2D eigenvalue weighted by molar-refractivity contribution is 5.14. The topological polar surface area (TPSA) is 35.2 Å². The fourth-order valence-electron chi connectivity index (χ4n) is 1.79. The summed E-state index contributed by atoms with van der Waals surface area (Å²) >= 11 is 0. The third kappa shape index (κ3) is 3.95. The molecule has 2 N–H and O–H groups in total. The van der Waals surface area contributed by atoms with Crippen LogP contribution < -0.4 is 5.73 Å². The van der Waals surface area contributed by atoms with E-state index in [9.17, 15) is 0 Å². The average molecular weight is 221 g/mol. The lowest BCUT2D eigenvalue weighted by Crippen LogP contribution is -2.45. The highest BCUT2D eigenvalue weighted by Crippen LogP contribution is 2.17. The molecule has 1 aromatic carbocycles. The molecule has 0 saturated carbocycles. The molecule has 0 bridgehead atoms. The number of ether oxygens (including phenoxy) is 1. The van der Waals surface area contributed by atoms with Gasteiger partial charge >= 0.3 is 0 Å². The minimum Gasteiger partial charge on any atom is -0.374 e. The zero-order valence-corrected chi connectivity index (χ0v) is 10.6. The second-order valence-corrected chi connectivity index (χ2v) is 4.67. The van der Waals surface area contributed by atoms with Crippen LogP contribution in [0.4, 0.5) is 0 Å². The molecular formula is C14H23NO. The Labute approximate surface area is 98.8 Å². The summed E-state index contributed by atoms with van der Waals surface area (Å²) in [6.07, 6.45) is 1.97.